The lowest BCUT2D eigenvalue weighted by Gasteiger charge is -2.11. The molecule has 20 heavy (non-hydrogen) atoms. The monoisotopic (exact) mass is 269 g/mol. The zero-order valence-electron chi connectivity index (χ0n) is 12.0. The number of carbonyl (C=O) groups is 1. The Morgan fingerprint density at radius 1 is 1.20 bits per heavy atom. The molecule has 0 unspecified atom stereocenters. The lowest BCUT2D eigenvalue weighted by atomic mass is 10.1. The van der Waals surface area contributed by atoms with E-state index in [9.17, 15) is 4.79 Å². The lowest BCUT2D eigenvalue weighted by Crippen LogP contribution is -2.15. The summed E-state index contributed by atoms with van der Waals surface area (Å²) in [6, 6.07) is 7.71. The zero-order valence-corrected chi connectivity index (χ0v) is 12.0. The van der Waals surface area contributed by atoms with Crippen LogP contribution in [0, 0.1) is 13.8 Å². The smallest absolute Gasteiger partial charge is 0.257 e. The summed E-state index contributed by atoms with van der Waals surface area (Å²) in [6.45, 7) is 6.76. The summed E-state index contributed by atoms with van der Waals surface area (Å²) < 4.78 is 0. The van der Waals surface area contributed by atoms with E-state index in [4.69, 9.17) is 0 Å². The van der Waals surface area contributed by atoms with Crippen LogP contribution in [0.1, 0.15) is 28.4 Å². The van der Waals surface area contributed by atoms with Gasteiger partial charge in [-0.25, -0.2) is 0 Å². The molecule has 1 aromatic heterocycles. The van der Waals surface area contributed by atoms with Gasteiger partial charge in [0.1, 0.15) is 0 Å². The second-order valence-electron chi connectivity index (χ2n) is 4.78. The standard InChI is InChI=1S/C16H19N3O/c1-4-18-15-10-17-6-5-14(15)16(20)19-13-8-11(2)7-12(3)9-13/h5-10,18H,4H2,1-3H3,(H,19,20). The minimum absolute atomic E-state index is 0.131. The molecule has 1 amide bonds. The Bertz CT molecular complexity index is 603. The number of anilines is 2. The van der Waals surface area contributed by atoms with Crippen molar-refractivity contribution in [2.45, 2.75) is 20.8 Å². The highest BCUT2D eigenvalue weighted by Crippen LogP contribution is 2.18. The van der Waals surface area contributed by atoms with Crippen LogP contribution >= 0.6 is 0 Å². The highest BCUT2D eigenvalue weighted by atomic mass is 16.1. The maximum Gasteiger partial charge on any atom is 0.257 e. The second kappa shape index (κ2) is 6.19. The number of nitrogens with one attached hydrogen (secondary N) is 2. The average molecular weight is 269 g/mol. The molecule has 0 fully saturated rings. The Kier molecular flexibility index (Phi) is 4.35. The fourth-order valence-electron chi connectivity index (χ4n) is 2.17. The van der Waals surface area contributed by atoms with Gasteiger partial charge in [0, 0.05) is 18.4 Å². The normalized spacial score (nSPS) is 10.2. The van der Waals surface area contributed by atoms with Crippen molar-refractivity contribution in [2.75, 3.05) is 17.2 Å². The summed E-state index contributed by atoms with van der Waals surface area (Å²) in [4.78, 5) is 16.4. The minimum Gasteiger partial charge on any atom is -0.383 e. The van der Waals surface area contributed by atoms with Crippen molar-refractivity contribution in [3.05, 3.63) is 53.3 Å². The van der Waals surface area contributed by atoms with E-state index in [1.54, 1.807) is 18.5 Å². The van der Waals surface area contributed by atoms with E-state index in [2.05, 4.69) is 21.7 Å². The van der Waals surface area contributed by atoms with E-state index in [0.29, 0.717) is 5.56 Å². The summed E-state index contributed by atoms with van der Waals surface area (Å²) in [6.07, 6.45) is 3.29. The molecule has 0 saturated heterocycles. The van der Waals surface area contributed by atoms with Crippen molar-refractivity contribution >= 4 is 17.3 Å². The number of nitrogens with zero attached hydrogens (tertiary/aromatic N) is 1. The Balaban J connectivity index is 2.23. The van der Waals surface area contributed by atoms with Gasteiger partial charge < -0.3 is 10.6 Å². The third-order valence-electron chi connectivity index (χ3n) is 2.91. The number of amides is 1. The summed E-state index contributed by atoms with van der Waals surface area (Å²) in [5.41, 5.74) is 4.41. The van der Waals surface area contributed by atoms with Crippen molar-refractivity contribution in [3.8, 4) is 0 Å². The van der Waals surface area contributed by atoms with Crippen molar-refractivity contribution in [1.29, 1.82) is 0 Å². The first kappa shape index (κ1) is 14.1. The van der Waals surface area contributed by atoms with Gasteiger partial charge >= 0.3 is 0 Å². The van der Waals surface area contributed by atoms with E-state index < -0.39 is 0 Å². The van der Waals surface area contributed by atoms with E-state index in [-0.39, 0.29) is 5.91 Å². The molecule has 0 spiro atoms. The largest absolute Gasteiger partial charge is 0.383 e. The molecule has 4 heteroatoms. The molecule has 4 nitrogen and oxygen atoms in total. The van der Waals surface area contributed by atoms with Gasteiger partial charge in [0.25, 0.3) is 5.91 Å². The number of hydrogen-bond donors (Lipinski definition) is 2. The molecule has 0 aliphatic rings. The molecule has 104 valence electrons. The Morgan fingerprint density at radius 3 is 2.55 bits per heavy atom. The van der Waals surface area contributed by atoms with Gasteiger partial charge in [-0.3, -0.25) is 9.78 Å². The Labute approximate surface area is 119 Å². The Morgan fingerprint density at radius 2 is 1.90 bits per heavy atom. The van der Waals surface area contributed by atoms with Gasteiger partial charge in [-0.2, -0.15) is 0 Å². The molecule has 0 bridgehead atoms. The molecule has 0 atom stereocenters. The van der Waals surface area contributed by atoms with Gasteiger partial charge in [-0.1, -0.05) is 6.07 Å². The van der Waals surface area contributed by atoms with Crippen molar-refractivity contribution in [3.63, 3.8) is 0 Å². The number of aryl methyl sites for hydroxylation is 2. The number of pyridine rings is 1. The van der Waals surface area contributed by atoms with E-state index in [1.165, 1.54) is 0 Å². The zero-order chi connectivity index (χ0) is 14.5. The molecular weight excluding hydrogens is 250 g/mol. The molecule has 2 N–H and O–H groups in total. The van der Waals surface area contributed by atoms with Crippen molar-refractivity contribution in [2.24, 2.45) is 0 Å². The first-order chi connectivity index (χ1) is 9.60. The van der Waals surface area contributed by atoms with Gasteiger partial charge in [-0.05, 0) is 50.1 Å². The SMILES string of the molecule is CCNc1cnccc1C(=O)Nc1cc(C)cc(C)c1. The third-order valence-corrected chi connectivity index (χ3v) is 2.91. The van der Waals surface area contributed by atoms with Crippen LogP contribution in [0.15, 0.2) is 36.7 Å². The maximum atomic E-state index is 12.4. The van der Waals surface area contributed by atoms with Crippen molar-refractivity contribution in [1.82, 2.24) is 4.98 Å². The van der Waals surface area contributed by atoms with Gasteiger partial charge in [0.2, 0.25) is 0 Å². The third kappa shape index (κ3) is 3.35. The lowest BCUT2D eigenvalue weighted by molar-refractivity contribution is 0.102. The van der Waals surface area contributed by atoms with Gasteiger partial charge in [-0.15, -0.1) is 0 Å². The fraction of sp³-hybridized carbons (Fsp3) is 0.250. The maximum absolute atomic E-state index is 12.4. The molecule has 2 aromatic rings. The van der Waals surface area contributed by atoms with Crippen molar-refractivity contribution < 1.29 is 4.79 Å². The number of carbonyl (C=O) groups excluding carboxylic acids is 1. The van der Waals surface area contributed by atoms with Gasteiger partial charge in [0.15, 0.2) is 0 Å². The van der Waals surface area contributed by atoms with Crippen LogP contribution in [-0.2, 0) is 0 Å². The molecule has 0 aliphatic heterocycles. The quantitative estimate of drug-likeness (QED) is 0.894. The first-order valence-electron chi connectivity index (χ1n) is 6.67. The molecule has 0 saturated carbocycles. The highest BCUT2D eigenvalue weighted by molar-refractivity contribution is 6.07. The molecule has 1 heterocycles. The summed E-state index contributed by atoms with van der Waals surface area (Å²) in [5, 5.41) is 6.07. The molecule has 0 radical (unpaired) electrons. The number of rotatable bonds is 4. The van der Waals surface area contributed by atoms with Crippen LogP contribution in [0.4, 0.5) is 11.4 Å². The highest BCUT2D eigenvalue weighted by Gasteiger charge is 2.11. The van der Waals surface area contributed by atoms with Crippen LogP contribution in [0.2, 0.25) is 0 Å². The predicted molar refractivity (Wildman–Crippen MR) is 82.3 cm³/mol. The number of aromatic nitrogens is 1. The minimum atomic E-state index is -0.131. The van der Waals surface area contributed by atoms with Crippen LogP contribution in [0.3, 0.4) is 0 Å². The number of benzene rings is 1. The van der Waals surface area contributed by atoms with E-state index >= 15 is 0 Å². The van der Waals surface area contributed by atoms with E-state index in [0.717, 1.165) is 29.0 Å². The van der Waals surface area contributed by atoms with E-state index in [1.807, 2.05) is 32.9 Å². The Hall–Kier alpha value is -2.36. The molecule has 1 aromatic carbocycles. The summed E-state index contributed by atoms with van der Waals surface area (Å²) >= 11 is 0. The summed E-state index contributed by atoms with van der Waals surface area (Å²) in [5.74, 6) is -0.131. The number of hydrogen-bond acceptors (Lipinski definition) is 3. The van der Waals surface area contributed by atoms with Crippen LogP contribution < -0.4 is 10.6 Å². The van der Waals surface area contributed by atoms with Gasteiger partial charge in [0.05, 0.1) is 17.4 Å². The molecule has 2 rings (SSSR count). The summed E-state index contributed by atoms with van der Waals surface area (Å²) in [7, 11) is 0. The topological polar surface area (TPSA) is 54.0 Å². The van der Waals surface area contributed by atoms with Crippen LogP contribution in [-0.4, -0.2) is 17.4 Å². The predicted octanol–water partition coefficient (Wildman–Crippen LogP) is 3.38. The van der Waals surface area contributed by atoms with Crippen LogP contribution in [0.25, 0.3) is 0 Å². The fourth-order valence-corrected chi connectivity index (χ4v) is 2.17. The second-order valence-corrected chi connectivity index (χ2v) is 4.78. The molecule has 0 aliphatic carbocycles. The average Bonchev–Trinajstić information content (AvgIpc) is 2.38. The first-order valence-corrected chi connectivity index (χ1v) is 6.67. The molecular formula is C16H19N3O. The van der Waals surface area contributed by atoms with Crippen LogP contribution in [0.5, 0.6) is 0 Å².